The smallest absolute Gasteiger partial charge is 0.0483 e. The number of nitrogens with zero attached hydrogens (tertiary/aromatic N) is 2. The van der Waals surface area contributed by atoms with Gasteiger partial charge in [0.15, 0.2) is 0 Å². The Kier molecular flexibility index (Phi) is 3.96. The van der Waals surface area contributed by atoms with Gasteiger partial charge in [-0.25, -0.2) is 0 Å². The van der Waals surface area contributed by atoms with E-state index < -0.39 is 0 Å². The molecule has 1 aromatic carbocycles. The lowest BCUT2D eigenvalue weighted by molar-refractivity contribution is 0.0733. The van der Waals surface area contributed by atoms with Gasteiger partial charge in [0, 0.05) is 29.4 Å². The first kappa shape index (κ1) is 14.5. The first-order valence-electron chi connectivity index (χ1n) is 7.94. The van der Waals surface area contributed by atoms with Gasteiger partial charge < -0.3 is 5.73 Å². The fraction of sp³-hybridized carbons (Fsp3) is 0.500. The Hall–Kier alpha value is -1.45. The third kappa shape index (κ3) is 2.68. The van der Waals surface area contributed by atoms with Crippen molar-refractivity contribution in [2.45, 2.75) is 44.7 Å². The molecule has 0 spiro atoms. The van der Waals surface area contributed by atoms with Gasteiger partial charge in [-0.2, -0.15) is 0 Å². The standard InChI is InChI=1S/C18H25N3/c1-18(2,21-11-4-3-5-12-21)17(19)15-8-6-7-14-9-10-20-13-16(14)15/h6-10,13,17H,3-5,11-12,19H2,1-2H3. The van der Waals surface area contributed by atoms with Crippen LogP contribution in [0.3, 0.4) is 0 Å². The SMILES string of the molecule is CC(C)(C(N)c1cccc2ccncc12)N1CCCCC1. The monoisotopic (exact) mass is 283 g/mol. The Balaban J connectivity index is 1.97. The highest BCUT2D eigenvalue weighted by Crippen LogP contribution is 2.34. The summed E-state index contributed by atoms with van der Waals surface area (Å²) >= 11 is 0. The van der Waals surface area contributed by atoms with Crippen LogP contribution >= 0.6 is 0 Å². The van der Waals surface area contributed by atoms with Crippen LogP contribution in [0.5, 0.6) is 0 Å². The summed E-state index contributed by atoms with van der Waals surface area (Å²) in [4.78, 5) is 6.83. The minimum absolute atomic E-state index is 0.0106. The third-order valence-corrected chi connectivity index (χ3v) is 4.98. The van der Waals surface area contributed by atoms with E-state index in [0.717, 1.165) is 13.1 Å². The third-order valence-electron chi connectivity index (χ3n) is 4.98. The second-order valence-corrected chi connectivity index (χ2v) is 6.62. The fourth-order valence-electron chi connectivity index (χ4n) is 3.46. The minimum atomic E-state index is -0.0372. The lowest BCUT2D eigenvalue weighted by atomic mass is 9.84. The molecular weight excluding hydrogens is 258 g/mol. The quantitative estimate of drug-likeness (QED) is 0.937. The van der Waals surface area contributed by atoms with Gasteiger partial charge in [0.2, 0.25) is 0 Å². The topological polar surface area (TPSA) is 42.1 Å². The maximum absolute atomic E-state index is 6.70. The van der Waals surface area contributed by atoms with Crippen LogP contribution in [0.15, 0.2) is 36.7 Å². The summed E-state index contributed by atoms with van der Waals surface area (Å²) in [6, 6.07) is 8.42. The highest BCUT2D eigenvalue weighted by molar-refractivity contribution is 5.85. The number of aromatic nitrogens is 1. The van der Waals surface area contributed by atoms with Crippen molar-refractivity contribution in [3.05, 3.63) is 42.2 Å². The van der Waals surface area contributed by atoms with E-state index in [-0.39, 0.29) is 11.6 Å². The van der Waals surface area contributed by atoms with Crippen molar-refractivity contribution < 1.29 is 0 Å². The van der Waals surface area contributed by atoms with Gasteiger partial charge in [-0.3, -0.25) is 9.88 Å². The number of piperidine rings is 1. The van der Waals surface area contributed by atoms with Gasteiger partial charge >= 0.3 is 0 Å². The Labute approximate surface area is 127 Å². The molecule has 1 fully saturated rings. The normalized spacial score (nSPS) is 18.8. The van der Waals surface area contributed by atoms with E-state index in [0.29, 0.717) is 0 Å². The zero-order valence-corrected chi connectivity index (χ0v) is 13.0. The van der Waals surface area contributed by atoms with E-state index in [4.69, 9.17) is 5.73 Å². The largest absolute Gasteiger partial charge is 0.322 e. The Morgan fingerprint density at radius 2 is 1.90 bits per heavy atom. The summed E-state index contributed by atoms with van der Waals surface area (Å²) < 4.78 is 0. The second kappa shape index (κ2) is 5.74. The lowest BCUT2D eigenvalue weighted by Crippen LogP contribution is -2.53. The van der Waals surface area contributed by atoms with E-state index in [1.54, 1.807) is 0 Å². The number of likely N-dealkylation sites (tertiary alicyclic amines) is 1. The molecule has 0 amide bonds. The summed E-state index contributed by atoms with van der Waals surface area (Å²) in [5, 5.41) is 2.39. The summed E-state index contributed by atoms with van der Waals surface area (Å²) in [6.45, 7) is 6.86. The number of fused-ring (bicyclic) bond motifs is 1. The van der Waals surface area contributed by atoms with Crippen molar-refractivity contribution >= 4 is 10.8 Å². The van der Waals surface area contributed by atoms with Crippen LogP contribution in [0.25, 0.3) is 10.8 Å². The van der Waals surface area contributed by atoms with Crippen molar-refractivity contribution in [1.82, 2.24) is 9.88 Å². The molecule has 0 bridgehead atoms. The molecule has 1 unspecified atom stereocenters. The van der Waals surface area contributed by atoms with Crippen LogP contribution in [0.4, 0.5) is 0 Å². The summed E-state index contributed by atoms with van der Waals surface area (Å²) in [6.07, 6.45) is 7.70. The highest BCUT2D eigenvalue weighted by Gasteiger charge is 2.35. The van der Waals surface area contributed by atoms with Crippen LogP contribution in [-0.4, -0.2) is 28.5 Å². The molecule has 2 heterocycles. The number of rotatable bonds is 3. The van der Waals surface area contributed by atoms with E-state index in [9.17, 15) is 0 Å². The van der Waals surface area contributed by atoms with Crippen molar-refractivity contribution in [2.75, 3.05) is 13.1 Å². The molecule has 21 heavy (non-hydrogen) atoms. The van der Waals surface area contributed by atoms with Gasteiger partial charge in [-0.15, -0.1) is 0 Å². The Morgan fingerprint density at radius 3 is 2.67 bits per heavy atom. The molecule has 0 radical (unpaired) electrons. The first-order chi connectivity index (χ1) is 10.1. The fourth-order valence-corrected chi connectivity index (χ4v) is 3.46. The van der Waals surface area contributed by atoms with Gasteiger partial charge in [0.1, 0.15) is 0 Å². The number of hydrogen-bond acceptors (Lipinski definition) is 3. The Morgan fingerprint density at radius 1 is 1.14 bits per heavy atom. The zero-order valence-electron chi connectivity index (χ0n) is 13.0. The van der Waals surface area contributed by atoms with E-state index in [2.05, 4.69) is 48.0 Å². The van der Waals surface area contributed by atoms with Crippen LogP contribution in [0.1, 0.15) is 44.7 Å². The predicted molar refractivity (Wildman–Crippen MR) is 88.2 cm³/mol. The summed E-state index contributed by atoms with van der Waals surface area (Å²) in [5.41, 5.74) is 7.87. The lowest BCUT2D eigenvalue weighted by Gasteiger charge is -2.45. The predicted octanol–water partition coefficient (Wildman–Crippen LogP) is 3.50. The number of hydrogen-bond donors (Lipinski definition) is 1. The highest BCUT2D eigenvalue weighted by atomic mass is 15.2. The number of nitrogens with two attached hydrogens (primary N) is 1. The first-order valence-corrected chi connectivity index (χ1v) is 7.94. The summed E-state index contributed by atoms with van der Waals surface area (Å²) in [7, 11) is 0. The van der Waals surface area contributed by atoms with Gasteiger partial charge in [0.25, 0.3) is 0 Å². The molecule has 0 saturated carbocycles. The molecule has 1 aromatic heterocycles. The van der Waals surface area contributed by atoms with Gasteiger partial charge in [0.05, 0.1) is 0 Å². The minimum Gasteiger partial charge on any atom is -0.322 e. The molecule has 3 heteroatoms. The van der Waals surface area contributed by atoms with Crippen LogP contribution in [0, 0.1) is 0 Å². The zero-order chi connectivity index (χ0) is 14.9. The van der Waals surface area contributed by atoms with E-state index >= 15 is 0 Å². The van der Waals surface area contributed by atoms with Crippen molar-refractivity contribution in [3.63, 3.8) is 0 Å². The van der Waals surface area contributed by atoms with E-state index in [1.807, 2.05) is 12.4 Å². The van der Waals surface area contributed by atoms with Crippen LogP contribution < -0.4 is 5.73 Å². The molecule has 1 aliphatic rings. The van der Waals surface area contributed by atoms with Gasteiger partial charge in [-0.1, -0.05) is 24.6 Å². The molecule has 2 aromatic rings. The van der Waals surface area contributed by atoms with Crippen molar-refractivity contribution in [1.29, 1.82) is 0 Å². The molecule has 3 nitrogen and oxygen atoms in total. The molecule has 0 aliphatic carbocycles. The summed E-state index contributed by atoms with van der Waals surface area (Å²) in [5.74, 6) is 0. The average Bonchev–Trinajstić information content (AvgIpc) is 2.54. The van der Waals surface area contributed by atoms with Crippen LogP contribution in [0.2, 0.25) is 0 Å². The van der Waals surface area contributed by atoms with Crippen molar-refractivity contribution in [2.24, 2.45) is 5.73 Å². The molecule has 3 rings (SSSR count). The maximum Gasteiger partial charge on any atom is 0.0483 e. The van der Waals surface area contributed by atoms with Crippen LogP contribution in [-0.2, 0) is 0 Å². The molecule has 1 saturated heterocycles. The molecule has 2 N–H and O–H groups in total. The number of pyridine rings is 1. The maximum atomic E-state index is 6.70. The van der Waals surface area contributed by atoms with Crippen molar-refractivity contribution in [3.8, 4) is 0 Å². The van der Waals surface area contributed by atoms with E-state index in [1.165, 1.54) is 35.6 Å². The average molecular weight is 283 g/mol. The second-order valence-electron chi connectivity index (χ2n) is 6.62. The molecule has 1 atom stereocenters. The van der Waals surface area contributed by atoms with Gasteiger partial charge in [-0.05, 0) is 56.8 Å². The molecule has 1 aliphatic heterocycles. The molecular formula is C18H25N3. The number of benzene rings is 1. The molecule has 112 valence electrons. The Bertz CT molecular complexity index is 609.